The van der Waals surface area contributed by atoms with Gasteiger partial charge in [0.2, 0.25) is 0 Å². The fraction of sp³-hybridized carbons (Fsp3) is 0.714. The molecule has 0 aromatic heterocycles. The molecule has 108 valence electrons. The van der Waals surface area contributed by atoms with Crippen LogP contribution in [0.25, 0.3) is 0 Å². The highest BCUT2D eigenvalue weighted by Gasteiger charge is 2.10. The summed E-state index contributed by atoms with van der Waals surface area (Å²) in [6.45, 7) is 20.9. The van der Waals surface area contributed by atoms with Crippen LogP contribution in [0.5, 0.6) is 0 Å². The molecule has 1 aliphatic rings. The monoisotopic (exact) mass is 257 g/mol. The van der Waals surface area contributed by atoms with Gasteiger partial charge in [0.1, 0.15) is 0 Å². The Morgan fingerprint density at radius 2 is 1.78 bits per heavy atom. The van der Waals surface area contributed by atoms with Gasteiger partial charge in [-0.1, -0.05) is 40.9 Å². The molecule has 0 unspecified atom stereocenters. The van der Waals surface area contributed by atoms with Crippen LogP contribution in [-0.2, 0) is 4.74 Å². The third-order valence-corrected chi connectivity index (χ3v) is 2.35. The van der Waals surface area contributed by atoms with Gasteiger partial charge >= 0.3 is 0 Å². The van der Waals surface area contributed by atoms with Crippen LogP contribution in [0.3, 0.4) is 0 Å². The van der Waals surface area contributed by atoms with E-state index in [-0.39, 0.29) is 0 Å². The Labute approximate surface area is 113 Å². The number of hydrogen-bond acceptors (Lipinski definition) is 4. The minimum atomic E-state index is 0.549. The number of rotatable bonds is 5. The Hall–Kier alpha value is -1.00. The molecule has 0 spiro atoms. The van der Waals surface area contributed by atoms with Crippen molar-refractivity contribution in [2.75, 3.05) is 39.4 Å². The van der Waals surface area contributed by atoms with Crippen molar-refractivity contribution in [1.82, 2.24) is 9.80 Å². The minimum Gasteiger partial charge on any atom is -0.386 e. The van der Waals surface area contributed by atoms with Gasteiger partial charge in [-0.2, -0.15) is 0 Å². The zero-order chi connectivity index (χ0) is 14.4. The van der Waals surface area contributed by atoms with Crippen molar-refractivity contribution in [3.05, 3.63) is 25.2 Å². The molecule has 1 fully saturated rings. The van der Waals surface area contributed by atoms with Gasteiger partial charge in [-0.25, -0.2) is 0 Å². The molecule has 2 N–H and O–H groups in total. The standard InChI is InChI=1S/C10H19N3O.2C2H6/c1-3-13(10(2)11)5-4-12-6-8-14-9-7-12;2*1-2/h3H,1-2,4-9,11H2;2*1-2H3. The van der Waals surface area contributed by atoms with Gasteiger partial charge < -0.3 is 15.4 Å². The molecule has 0 aliphatic carbocycles. The molecule has 4 heteroatoms. The molecular weight excluding hydrogens is 226 g/mol. The number of hydrogen-bond donors (Lipinski definition) is 1. The van der Waals surface area contributed by atoms with Crippen molar-refractivity contribution < 1.29 is 4.74 Å². The van der Waals surface area contributed by atoms with Crippen molar-refractivity contribution in [3.63, 3.8) is 0 Å². The average molecular weight is 257 g/mol. The molecule has 0 atom stereocenters. The summed E-state index contributed by atoms with van der Waals surface area (Å²) < 4.78 is 5.26. The molecule has 1 heterocycles. The first kappa shape index (κ1) is 19.3. The maximum atomic E-state index is 5.58. The third kappa shape index (κ3) is 9.07. The van der Waals surface area contributed by atoms with Gasteiger partial charge in [-0.15, -0.1) is 0 Å². The van der Waals surface area contributed by atoms with Crippen molar-refractivity contribution in [1.29, 1.82) is 0 Å². The Balaban J connectivity index is 0. The van der Waals surface area contributed by atoms with Crippen LogP contribution in [0.1, 0.15) is 27.7 Å². The first-order chi connectivity index (χ1) is 8.74. The lowest BCUT2D eigenvalue weighted by atomic mass is 10.4. The summed E-state index contributed by atoms with van der Waals surface area (Å²) in [5, 5.41) is 0. The summed E-state index contributed by atoms with van der Waals surface area (Å²) in [4.78, 5) is 4.21. The van der Waals surface area contributed by atoms with Gasteiger partial charge in [0.25, 0.3) is 0 Å². The van der Waals surface area contributed by atoms with E-state index >= 15 is 0 Å². The fourth-order valence-corrected chi connectivity index (χ4v) is 1.43. The van der Waals surface area contributed by atoms with Crippen LogP contribution in [0.2, 0.25) is 0 Å². The fourth-order valence-electron chi connectivity index (χ4n) is 1.43. The van der Waals surface area contributed by atoms with Gasteiger partial charge in [-0.05, 0) is 6.20 Å². The van der Waals surface area contributed by atoms with Crippen molar-refractivity contribution >= 4 is 0 Å². The van der Waals surface area contributed by atoms with E-state index < -0.39 is 0 Å². The molecule has 0 aromatic carbocycles. The van der Waals surface area contributed by atoms with E-state index in [4.69, 9.17) is 10.5 Å². The maximum absolute atomic E-state index is 5.58. The van der Waals surface area contributed by atoms with Gasteiger partial charge in [0.15, 0.2) is 0 Å². The summed E-state index contributed by atoms with van der Waals surface area (Å²) in [7, 11) is 0. The zero-order valence-corrected chi connectivity index (χ0v) is 12.6. The summed E-state index contributed by atoms with van der Waals surface area (Å²) in [5.41, 5.74) is 5.58. The summed E-state index contributed by atoms with van der Waals surface area (Å²) in [6, 6.07) is 0. The summed E-state index contributed by atoms with van der Waals surface area (Å²) in [5.74, 6) is 0.549. The highest BCUT2D eigenvalue weighted by atomic mass is 16.5. The second kappa shape index (κ2) is 14.1. The average Bonchev–Trinajstić information content (AvgIpc) is 2.45. The molecule has 18 heavy (non-hydrogen) atoms. The SMILES string of the molecule is C=CN(CCN1CCOCC1)C(=C)N.CC.CC. The van der Waals surface area contributed by atoms with E-state index in [1.165, 1.54) is 0 Å². The second-order valence-corrected chi connectivity index (χ2v) is 3.32. The number of nitrogens with two attached hydrogens (primary N) is 1. The third-order valence-electron chi connectivity index (χ3n) is 2.35. The number of nitrogens with zero attached hydrogens (tertiary/aromatic N) is 2. The largest absolute Gasteiger partial charge is 0.386 e. The molecule has 0 bridgehead atoms. The van der Waals surface area contributed by atoms with E-state index in [0.29, 0.717) is 5.82 Å². The molecule has 4 nitrogen and oxygen atoms in total. The first-order valence-corrected chi connectivity index (χ1v) is 6.87. The van der Waals surface area contributed by atoms with Crippen LogP contribution >= 0.6 is 0 Å². The number of ether oxygens (including phenoxy) is 1. The van der Waals surface area contributed by atoms with E-state index in [0.717, 1.165) is 39.4 Å². The van der Waals surface area contributed by atoms with E-state index in [9.17, 15) is 0 Å². The lowest BCUT2D eigenvalue weighted by Gasteiger charge is -2.29. The molecule has 0 radical (unpaired) electrons. The minimum absolute atomic E-state index is 0.549. The maximum Gasteiger partial charge on any atom is 0.0952 e. The van der Waals surface area contributed by atoms with Crippen LogP contribution < -0.4 is 5.73 Å². The molecule has 0 saturated carbocycles. The topological polar surface area (TPSA) is 41.7 Å². The van der Waals surface area contributed by atoms with Gasteiger partial charge in [0.05, 0.1) is 19.0 Å². The highest BCUT2D eigenvalue weighted by molar-refractivity contribution is 4.92. The van der Waals surface area contributed by atoms with E-state index in [1.54, 1.807) is 6.20 Å². The van der Waals surface area contributed by atoms with Crippen molar-refractivity contribution in [2.45, 2.75) is 27.7 Å². The van der Waals surface area contributed by atoms with Crippen molar-refractivity contribution in [2.24, 2.45) is 5.73 Å². The number of morpholine rings is 1. The molecule has 0 amide bonds. The van der Waals surface area contributed by atoms with Gasteiger partial charge in [-0.3, -0.25) is 4.90 Å². The predicted molar refractivity (Wildman–Crippen MR) is 80.2 cm³/mol. The van der Waals surface area contributed by atoms with Gasteiger partial charge in [0, 0.05) is 26.2 Å². The molecular formula is C14H31N3O. The Morgan fingerprint density at radius 3 is 2.17 bits per heavy atom. The van der Waals surface area contributed by atoms with E-state index in [1.807, 2.05) is 32.6 Å². The quantitative estimate of drug-likeness (QED) is 0.820. The Morgan fingerprint density at radius 1 is 1.28 bits per heavy atom. The van der Waals surface area contributed by atoms with Crippen LogP contribution in [-0.4, -0.2) is 49.2 Å². The zero-order valence-electron chi connectivity index (χ0n) is 12.6. The molecule has 0 aromatic rings. The predicted octanol–water partition coefficient (Wildman–Crippen LogP) is 2.25. The summed E-state index contributed by atoms with van der Waals surface area (Å²) in [6.07, 6.45) is 1.71. The van der Waals surface area contributed by atoms with Crippen molar-refractivity contribution in [3.8, 4) is 0 Å². The molecule has 1 rings (SSSR count). The van der Waals surface area contributed by atoms with Crippen LogP contribution in [0.15, 0.2) is 25.2 Å². The normalized spacial score (nSPS) is 14.4. The molecule has 1 aliphatic heterocycles. The van der Waals surface area contributed by atoms with Crippen LogP contribution in [0.4, 0.5) is 0 Å². The first-order valence-electron chi connectivity index (χ1n) is 6.87. The highest BCUT2D eigenvalue weighted by Crippen LogP contribution is 1.99. The molecule has 1 saturated heterocycles. The second-order valence-electron chi connectivity index (χ2n) is 3.32. The smallest absolute Gasteiger partial charge is 0.0952 e. The lowest BCUT2D eigenvalue weighted by molar-refractivity contribution is 0.0361. The van der Waals surface area contributed by atoms with Crippen LogP contribution in [0, 0.1) is 0 Å². The van der Waals surface area contributed by atoms with E-state index in [2.05, 4.69) is 18.1 Å². The summed E-state index contributed by atoms with van der Waals surface area (Å²) >= 11 is 0. The lowest BCUT2D eigenvalue weighted by Crippen LogP contribution is -2.40. The Bertz CT molecular complexity index is 201. The Kier molecular flexibility index (Phi) is 15.1.